The van der Waals surface area contributed by atoms with Gasteiger partial charge in [-0.15, -0.1) is 0 Å². The Labute approximate surface area is 205 Å². The SMILES string of the molecule is CCN(c1ccccc1)S(=O)(=O)c1cccc(C(=O)N2CCC[C@H]2c2ccc3c(c2)OCCO3)c1. The molecule has 5 rings (SSSR count). The molecule has 0 bridgehead atoms. The van der Waals surface area contributed by atoms with Crippen molar-refractivity contribution in [3.63, 3.8) is 0 Å². The molecule has 0 spiro atoms. The van der Waals surface area contributed by atoms with Crippen LogP contribution in [0.15, 0.2) is 77.7 Å². The number of rotatable bonds is 6. The third kappa shape index (κ3) is 4.46. The molecule has 3 aromatic rings. The van der Waals surface area contributed by atoms with Crippen molar-refractivity contribution in [2.45, 2.75) is 30.7 Å². The topological polar surface area (TPSA) is 76.2 Å². The van der Waals surface area contributed by atoms with Crippen molar-refractivity contribution in [3.05, 3.63) is 83.9 Å². The number of sulfonamides is 1. The first-order valence-electron chi connectivity index (χ1n) is 11.9. The van der Waals surface area contributed by atoms with Crippen LogP contribution >= 0.6 is 0 Å². The van der Waals surface area contributed by atoms with Gasteiger partial charge in [0, 0.05) is 18.7 Å². The lowest BCUT2D eigenvalue weighted by atomic mass is 10.0. The van der Waals surface area contributed by atoms with Crippen LogP contribution in [0.5, 0.6) is 11.5 Å². The molecular weight excluding hydrogens is 464 g/mol. The molecule has 0 aromatic heterocycles. The van der Waals surface area contributed by atoms with E-state index in [1.807, 2.05) is 29.2 Å². The molecule has 0 unspecified atom stereocenters. The normalized spacial score (nSPS) is 17.3. The summed E-state index contributed by atoms with van der Waals surface area (Å²) in [6.45, 7) is 3.72. The molecule has 1 atom stereocenters. The molecule has 1 amide bonds. The first-order chi connectivity index (χ1) is 17.0. The Kier molecular flexibility index (Phi) is 6.38. The summed E-state index contributed by atoms with van der Waals surface area (Å²) >= 11 is 0. The minimum atomic E-state index is -3.83. The number of hydrogen-bond acceptors (Lipinski definition) is 5. The largest absolute Gasteiger partial charge is 0.486 e. The average Bonchev–Trinajstić information content (AvgIpc) is 3.39. The second-order valence-corrected chi connectivity index (χ2v) is 10.5. The zero-order valence-corrected chi connectivity index (χ0v) is 20.4. The van der Waals surface area contributed by atoms with Crippen LogP contribution in [-0.2, 0) is 10.0 Å². The summed E-state index contributed by atoms with van der Waals surface area (Å²) in [6, 6.07) is 21.0. The zero-order chi connectivity index (χ0) is 24.4. The zero-order valence-electron chi connectivity index (χ0n) is 19.6. The van der Waals surface area contributed by atoms with Crippen LogP contribution in [0.1, 0.15) is 41.7 Å². The van der Waals surface area contributed by atoms with Gasteiger partial charge < -0.3 is 14.4 Å². The van der Waals surface area contributed by atoms with E-state index in [-0.39, 0.29) is 23.4 Å². The first kappa shape index (κ1) is 23.2. The highest BCUT2D eigenvalue weighted by atomic mass is 32.2. The van der Waals surface area contributed by atoms with Crippen LogP contribution in [0.25, 0.3) is 0 Å². The van der Waals surface area contributed by atoms with Gasteiger partial charge in [0.05, 0.1) is 16.6 Å². The monoisotopic (exact) mass is 492 g/mol. The van der Waals surface area contributed by atoms with E-state index < -0.39 is 10.0 Å². The number of para-hydroxylation sites is 1. The minimum absolute atomic E-state index is 0.101. The highest BCUT2D eigenvalue weighted by molar-refractivity contribution is 7.92. The van der Waals surface area contributed by atoms with Gasteiger partial charge in [0.25, 0.3) is 15.9 Å². The van der Waals surface area contributed by atoms with Crippen molar-refractivity contribution in [2.75, 3.05) is 30.6 Å². The quantitative estimate of drug-likeness (QED) is 0.501. The number of carbonyl (C=O) groups excluding carboxylic acids is 1. The lowest BCUT2D eigenvalue weighted by Crippen LogP contribution is -2.32. The van der Waals surface area contributed by atoms with Crippen LogP contribution in [0.4, 0.5) is 5.69 Å². The number of ether oxygens (including phenoxy) is 2. The van der Waals surface area contributed by atoms with E-state index in [4.69, 9.17) is 9.47 Å². The maximum absolute atomic E-state index is 13.6. The van der Waals surface area contributed by atoms with Gasteiger partial charge in [-0.1, -0.05) is 30.3 Å². The Morgan fingerprint density at radius 1 is 0.971 bits per heavy atom. The number of anilines is 1. The summed E-state index contributed by atoms with van der Waals surface area (Å²) in [5, 5.41) is 0. The van der Waals surface area contributed by atoms with E-state index in [0.717, 1.165) is 18.4 Å². The average molecular weight is 493 g/mol. The molecule has 8 heteroatoms. The van der Waals surface area contributed by atoms with Crippen LogP contribution in [0.2, 0.25) is 0 Å². The van der Waals surface area contributed by atoms with Crippen LogP contribution < -0.4 is 13.8 Å². The maximum atomic E-state index is 13.6. The Bertz CT molecular complexity index is 1330. The molecule has 2 heterocycles. The number of amides is 1. The highest BCUT2D eigenvalue weighted by Crippen LogP contribution is 2.38. The summed E-state index contributed by atoms with van der Waals surface area (Å²) in [5.74, 6) is 1.23. The summed E-state index contributed by atoms with van der Waals surface area (Å²) in [4.78, 5) is 15.5. The number of hydrogen-bond donors (Lipinski definition) is 0. The maximum Gasteiger partial charge on any atom is 0.264 e. The number of likely N-dealkylation sites (tertiary alicyclic amines) is 1. The summed E-state index contributed by atoms with van der Waals surface area (Å²) in [5.41, 5.74) is 1.94. The van der Waals surface area contributed by atoms with Gasteiger partial charge in [-0.3, -0.25) is 9.10 Å². The molecule has 0 aliphatic carbocycles. The van der Waals surface area contributed by atoms with E-state index in [9.17, 15) is 13.2 Å². The number of carbonyl (C=O) groups is 1. The first-order valence-corrected chi connectivity index (χ1v) is 13.3. The molecule has 0 N–H and O–H groups in total. The van der Waals surface area contributed by atoms with E-state index in [1.165, 1.54) is 10.4 Å². The molecule has 7 nitrogen and oxygen atoms in total. The van der Waals surface area contributed by atoms with Gasteiger partial charge in [-0.25, -0.2) is 8.42 Å². The van der Waals surface area contributed by atoms with E-state index in [1.54, 1.807) is 49.4 Å². The third-order valence-corrected chi connectivity index (χ3v) is 8.36. The molecule has 3 aromatic carbocycles. The number of fused-ring (bicyclic) bond motifs is 1. The molecule has 2 aliphatic rings. The van der Waals surface area contributed by atoms with Gasteiger partial charge in [0.1, 0.15) is 13.2 Å². The molecule has 1 fully saturated rings. The molecular formula is C27H28N2O5S. The fraction of sp³-hybridized carbons (Fsp3) is 0.296. The van der Waals surface area contributed by atoms with Crippen LogP contribution in [0.3, 0.4) is 0 Å². The van der Waals surface area contributed by atoms with Crippen LogP contribution in [-0.4, -0.2) is 45.5 Å². The molecule has 0 radical (unpaired) electrons. The summed E-state index contributed by atoms with van der Waals surface area (Å²) in [7, 11) is -3.83. The predicted octanol–water partition coefficient (Wildman–Crippen LogP) is 4.65. The molecule has 2 aliphatic heterocycles. The summed E-state index contributed by atoms with van der Waals surface area (Å²) < 4.78 is 39.6. The molecule has 0 saturated carbocycles. The smallest absolute Gasteiger partial charge is 0.264 e. The molecule has 1 saturated heterocycles. The van der Waals surface area contributed by atoms with Crippen LogP contribution in [0, 0.1) is 0 Å². The second kappa shape index (κ2) is 9.62. The van der Waals surface area contributed by atoms with Crippen molar-refractivity contribution < 1.29 is 22.7 Å². The van der Waals surface area contributed by atoms with Crippen molar-refractivity contribution in [1.82, 2.24) is 4.90 Å². The number of benzene rings is 3. The Balaban J connectivity index is 1.42. The Hall–Kier alpha value is -3.52. The van der Waals surface area contributed by atoms with Gasteiger partial charge in [-0.05, 0) is 67.8 Å². The standard InChI is InChI=1S/C27H28N2O5S/c1-2-29(22-9-4-3-5-10-22)35(31,32)23-11-6-8-21(18-23)27(30)28-15-7-12-24(28)20-13-14-25-26(19-20)34-17-16-33-25/h3-6,8-11,13-14,18-19,24H,2,7,12,15-17H2,1H3/t24-/m0/s1. The van der Waals surface area contributed by atoms with Gasteiger partial charge in [-0.2, -0.15) is 0 Å². The number of nitrogens with zero attached hydrogens (tertiary/aromatic N) is 2. The van der Waals surface area contributed by atoms with Gasteiger partial charge in [0.15, 0.2) is 11.5 Å². The highest BCUT2D eigenvalue weighted by Gasteiger charge is 2.32. The molecule has 182 valence electrons. The predicted molar refractivity (Wildman–Crippen MR) is 134 cm³/mol. The molecule has 35 heavy (non-hydrogen) atoms. The van der Waals surface area contributed by atoms with Crippen molar-refractivity contribution in [2.24, 2.45) is 0 Å². The second-order valence-electron chi connectivity index (χ2n) is 8.59. The fourth-order valence-corrected chi connectivity index (χ4v) is 6.31. The van der Waals surface area contributed by atoms with E-state index >= 15 is 0 Å². The lowest BCUT2D eigenvalue weighted by Gasteiger charge is -2.27. The van der Waals surface area contributed by atoms with Crippen molar-refractivity contribution >= 4 is 21.6 Å². The van der Waals surface area contributed by atoms with Gasteiger partial charge in [0.2, 0.25) is 0 Å². The van der Waals surface area contributed by atoms with E-state index in [0.29, 0.717) is 42.5 Å². The fourth-order valence-electron chi connectivity index (χ4n) is 4.79. The minimum Gasteiger partial charge on any atom is -0.486 e. The lowest BCUT2D eigenvalue weighted by molar-refractivity contribution is 0.0735. The Morgan fingerprint density at radius 3 is 2.51 bits per heavy atom. The Morgan fingerprint density at radius 2 is 1.74 bits per heavy atom. The third-order valence-electron chi connectivity index (χ3n) is 6.47. The summed E-state index contributed by atoms with van der Waals surface area (Å²) in [6.07, 6.45) is 1.71. The van der Waals surface area contributed by atoms with Crippen molar-refractivity contribution in [1.29, 1.82) is 0 Å². The van der Waals surface area contributed by atoms with Gasteiger partial charge >= 0.3 is 0 Å². The van der Waals surface area contributed by atoms with E-state index in [2.05, 4.69) is 0 Å². The van der Waals surface area contributed by atoms with Crippen molar-refractivity contribution in [3.8, 4) is 11.5 Å².